The fraction of sp³-hybridized carbons (Fsp3) is 0.588. The third-order valence-corrected chi connectivity index (χ3v) is 4.00. The van der Waals surface area contributed by atoms with E-state index < -0.39 is 0 Å². The van der Waals surface area contributed by atoms with Crippen LogP contribution in [0.5, 0.6) is 0 Å². The first-order chi connectivity index (χ1) is 9.72. The Bertz CT molecular complexity index is 319. The Labute approximate surface area is 128 Å². The number of primary amides is 1. The number of carbonyl (C=O) groups is 1. The molecule has 2 N–H and O–H groups in total. The van der Waals surface area contributed by atoms with Gasteiger partial charge in [-0.05, 0) is 36.5 Å². The summed E-state index contributed by atoms with van der Waals surface area (Å²) in [5.41, 5.74) is 5.53. The molecule has 3 heteroatoms. The summed E-state index contributed by atoms with van der Waals surface area (Å²) in [6, 6.07) is 8.76. The van der Waals surface area contributed by atoms with Gasteiger partial charge in [0.25, 0.3) is 0 Å². The minimum absolute atomic E-state index is 0.379. The van der Waals surface area contributed by atoms with Crippen molar-refractivity contribution >= 4 is 17.7 Å². The van der Waals surface area contributed by atoms with E-state index >= 15 is 0 Å². The van der Waals surface area contributed by atoms with Crippen molar-refractivity contribution in [3.05, 3.63) is 35.9 Å². The molecule has 0 saturated carbocycles. The molecule has 114 valence electrons. The average molecular weight is 295 g/mol. The van der Waals surface area contributed by atoms with E-state index in [4.69, 9.17) is 5.73 Å². The first-order valence-electron chi connectivity index (χ1n) is 7.65. The topological polar surface area (TPSA) is 43.1 Å². The SMILES string of the molecule is CCCCCSCCCCC.NC(=O)c1ccccc1. The molecule has 20 heavy (non-hydrogen) atoms. The van der Waals surface area contributed by atoms with Crippen molar-refractivity contribution in [3.8, 4) is 0 Å². The molecular weight excluding hydrogens is 266 g/mol. The van der Waals surface area contributed by atoms with E-state index in [1.165, 1.54) is 50.0 Å². The Kier molecular flexibility index (Phi) is 13.8. The molecule has 0 aromatic heterocycles. The second-order valence-corrected chi connectivity index (χ2v) is 5.98. The van der Waals surface area contributed by atoms with Crippen molar-refractivity contribution in [3.63, 3.8) is 0 Å². The van der Waals surface area contributed by atoms with E-state index in [1.807, 2.05) is 6.07 Å². The van der Waals surface area contributed by atoms with Crippen molar-refractivity contribution < 1.29 is 4.79 Å². The van der Waals surface area contributed by atoms with Crippen LogP contribution in [0.3, 0.4) is 0 Å². The molecule has 0 fully saturated rings. The number of unbranched alkanes of at least 4 members (excludes halogenated alkanes) is 4. The van der Waals surface area contributed by atoms with Gasteiger partial charge in [0.05, 0.1) is 0 Å². The number of nitrogens with two attached hydrogens (primary N) is 1. The van der Waals surface area contributed by atoms with Gasteiger partial charge in [-0.25, -0.2) is 0 Å². The van der Waals surface area contributed by atoms with Crippen LogP contribution >= 0.6 is 11.8 Å². The number of rotatable bonds is 9. The average Bonchev–Trinajstić information content (AvgIpc) is 2.48. The van der Waals surface area contributed by atoms with Crippen molar-refractivity contribution in [2.45, 2.75) is 52.4 Å². The molecule has 1 amide bonds. The fourth-order valence-corrected chi connectivity index (χ4v) is 2.63. The van der Waals surface area contributed by atoms with Crippen LogP contribution in [0.1, 0.15) is 62.7 Å². The largest absolute Gasteiger partial charge is 0.366 e. The Morgan fingerprint density at radius 3 is 1.80 bits per heavy atom. The smallest absolute Gasteiger partial charge is 0.248 e. The van der Waals surface area contributed by atoms with E-state index in [0.717, 1.165) is 0 Å². The first-order valence-corrected chi connectivity index (χ1v) is 8.80. The second kappa shape index (κ2) is 14.4. The number of amides is 1. The number of benzene rings is 1. The van der Waals surface area contributed by atoms with Gasteiger partial charge in [-0.2, -0.15) is 11.8 Å². The predicted octanol–water partition coefficient (Wildman–Crippen LogP) is 4.89. The van der Waals surface area contributed by atoms with Gasteiger partial charge in [0, 0.05) is 5.56 Å². The molecule has 0 aliphatic carbocycles. The highest BCUT2D eigenvalue weighted by atomic mass is 32.2. The van der Waals surface area contributed by atoms with Crippen LogP contribution < -0.4 is 5.73 Å². The molecule has 1 rings (SSSR count). The summed E-state index contributed by atoms with van der Waals surface area (Å²) in [5, 5.41) is 0. The minimum atomic E-state index is -0.379. The molecule has 0 radical (unpaired) electrons. The summed E-state index contributed by atoms with van der Waals surface area (Å²) < 4.78 is 0. The Morgan fingerprint density at radius 1 is 0.950 bits per heavy atom. The van der Waals surface area contributed by atoms with Gasteiger partial charge < -0.3 is 5.73 Å². The number of hydrogen-bond acceptors (Lipinski definition) is 2. The summed E-state index contributed by atoms with van der Waals surface area (Å²) in [7, 11) is 0. The standard InChI is InChI=1S/C10H22S.C7H7NO/c1-3-5-7-9-11-10-8-6-4-2;8-7(9)6-4-2-1-3-5-6/h3-10H2,1-2H3;1-5H,(H2,8,9). The number of hydrogen-bond donors (Lipinski definition) is 1. The lowest BCUT2D eigenvalue weighted by atomic mass is 10.2. The molecular formula is C17H29NOS. The van der Waals surface area contributed by atoms with Gasteiger partial charge in [0.15, 0.2) is 0 Å². The maximum atomic E-state index is 10.4. The summed E-state index contributed by atoms with van der Waals surface area (Å²) in [5.74, 6) is 2.39. The van der Waals surface area contributed by atoms with Crippen LogP contribution in [0.25, 0.3) is 0 Å². The molecule has 1 aromatic rings. The monoisotopic (exact) mass is 295 g/mol. The zero-order valence-electron chi connectivity index (χ0n) is 12.9. The lowest BCUT2D eigenvalue weighted by molar-refractivity contribution is 0.100. The molecule has 0 saturated heterocycles. The normalized spacial score (nSPS) is 9.70. The van der Waals surface area contributed by atoms with E-state index in [1.54, 1.807) is 24.3 Å². The van der Waals surface area contributed by atoms with Crippen molar-refractivity contribution in [2.75, 3.05) is 11.5 Å². The third kappa shape index (κ3) is 12.1. The molecule has 0 aliphatic rings. The van der Waals surface area contributed by atoms with Crippen molar-refractivity contribution in [1.82, 2.24) is 0 Å². The molecule has 0 aliphatic heterocycles. The molecule has 0 spiro atoms. The van der Waals surface area contributed by atoms with Gasteiger partial charge in [-0.3, -0.25) is 4.79 Å². The first kappa shape index (κ1) is 19.0. The third-order valence-electron chi connectivity index (χ3n) is 2.84. The molecule has 2 nitrogen and oxygen atoms in total. The van der Waals surface area contributed by atoms with Gasteiger partial charge in [0.2, 0.25) is 5.91 Å². The molecule has 0 bridgehead atoms. The van der Waals surface area contributed by atoms with Crippen LogP contribution in [0, 0.1) is 0 Å². The van der Waals surface area contributed by atoms with Crippen LogP contribution in [0.2, 0.25) is 0 Å². The molecule has 1 aromatic carbocycles. The minimum Gasteiger partial charge on any atom is -0.366 e. The highest BCUT2D eigenvalue weighted by molar-refractivity contribution is 7.99. The van der Waals surface area contributed by atoms with Crippen molar-refractivity contribution in [1.29, 1.82) is 0 Å². The van der Waals surface area contributed by atoms with Crippen molar-refractivity contribution in [2.24, 2.45) is 5.73 Å². The Hall–Kier alpha value is -0.960. The van der Waals surface area contributed by atoms with Gasteiger partial charge in [0.1, 0.15) is 0 Å². The number of carbonyl (C=O) groups excluding carboxylic acids is 1. The molecule has 0 atom stereocenters. The highest BCUT2D eigenvalue weighted by Crippen LogP contribution is 2.09. The fourth-order valence-electron chi connectivity index (χ4n) is 1.61. The predicted molar refractivity (Wildman–Crippen MR) is 91.3 cm³/mol. The van der Waals surface area contributed by atoms with E-state index in [9.17, 15) is 4.79 Å². The van der Waals surface area contributed by atoms with Gasteiger partial charge in [-0.15, -0.1) is 0 Å². The van der Waals surface area contributed by atoms with Gasteiger partial charge >= 0.3 is 0 Å². The lowest BCUT2D eigenvalue weighted by Crippen LogP contribution is -2.09. The summed E-state index contributed by atoms with van der Waals surface area (Å²) in [4.78, 5) is 10.4. The van der Waals surface area contributed by atoms with Gasteiger partial charge in [-0.1, -0.05) is 57.7 Å². The summed E-state index contributed by atoms with van der Waals surface area (Å²) in [6.07, 6.45) is 8.40. The molecule has 0 heterocycles. The zero-order valence-corrected chi connectivity index (χ0v) is 13.8. The van der Waals surface area contributed by atoms with E-state index in [0.29, 0.717) is 5.56 Å². The quantitative estimate of drug-likeness (QED) is 0.659. The summed E-state index contributed by atoms with van der Waals surface area (Å²) >= 11 is 2.13. The Morgan fingerprint density at radius 2 is 1.45 bits per heavy atom. The van der Waals surface area contributed by atoms with Crippen LogP contribution in [0.4, 0.5) is 0 Å². The lowest BCUT2D eigenvalue weighted by Gasteiger charge is -1.99. The Balaban J connectivity index is 0.000000367. The van der Waals surface area contributed by atoms with E-state index in [-0.39, 0.29) is 5.91 Å². The second-order valence-electron chi connectivity index (χ2n) is 4.76. The zero-order chi connectivity index (χ0) is 15.1. The number of thioether (sulfide) groups is 1. The van der Waals surface area contributed by atoms with Crippen LogP contribution in [-0.4, -0.2) is 17.4 Å². The highest BCUT2D eigenvalue weighted by Gasteiger charge is 1.93. The van der Waals surface area contributed by atoms with E-state index in [2.05, 4.69) is 25.6 Å². The summed E-state index contributed by atoms with van der Waals surface area (Å²) in [6.45, 7) is 4.53. The molecule has 0 unspecified atom stereocenters. The van der Waals surface area contributed by atoms with Crippen LogP contribution in [0.15, 0.2) is 30.3 Å². The maximum Gasteiger partial charge on any atom is 0.248 e. The van der Waals surface area contributed by atoms with Crippen LogP contribution in [-0.2, 0) is 0 Å². The maximum absolute atomic E-state index is 10.4.